The van der Waals surface area contributed by atoms with E-state index < -0.39 is 18.2 Å². The standard InChI is InChI=1S/C17H20BrNO7/c1-22-15(20)12-8-26-9-19(14(12)16(21)23-2)13-6-5-10(18)7-11(13)17(24-3)25-4/h5-7,17H,8-9H2,1-4H3. The van der Waals surface area contributed by atoms with Gasteiger partial charge < -0.3 is 28.6 Å². The third kappa shape index (κ3) is 4.07. The number of rotatable bonds is 6. The fourth-order valence-corrected chi connectivity index (χ4v) is 3.02. The van der Waals surface area contributed by atoms with Crippen LogP contribution < -0.4 is 4.90 Å². The van der Waals surface area contributed by atoms with Gasteiger partial charge in [0.05, 0.1) is 32.1 Å². The van der Waals surface area contributed by atoms with E-state index in [0.29, 0.717) is 11.3 Å². The minimum Gasteiger partial charge on any atom is -0.466 e. The quantitative estimate of drug-likeness (QED) is 0.502. The van der Waals surface area contributed by atoms with Crippen LogP contribution in [0.3, 0.4) is 0 Å². The summed E-state index contributed by atoms with van der Waals surface area (Å²) in [5, 5.41) is 0. The van der Waals surface area contributed by atoms with Crippen molar-refractivity contribution >= 4 is 33.6 Å². The van der Waals surface area contributed by atoms with Gasteiger partial charge in [-0.15, -0.1) is 0 Å². The molecule has 0 aliphatic carbocycles. The highest BCUT2D eigenvalue weighted by Crippen LogP contribution is 2.35. The zero-order valence-electron chi connectivity index (χ0n) is 14.9. The van der Waals surface area contributed by atoms with Crippen LogP contribution in [0, 0.1) is 0 Å². The second kappa shape index (κ2) is 9.13. The predicted octanol–water partition coefficient (Wildman–Crippen LogP) is 2.13. The van der Waals surface area contributed by atoms with E-state index in [4.69, 9.17) is 23.7 Å². The number of methoxy groups -OCH3 is 4. The molecular weight excluding hydrogens is 410 g/mol. The SMILES string of the molecule is COC(=O)C1=C(C(=O)OC)N(c2ccc(Br)cc2C(OC)OC)COC1. The Morgan fingerprint density at radius 1 is 1.12 bits per heavy atom. The number of benzene rings is 1. The van der Waals surface area contributed by atoms with Gasteiger partial charge in [-0.25, -0.2) is 9.59 Å². The fourth-order valence-electron chi connectivity index (χ4n) is 2.64. The molecule has 1 heterocycles. The van der Waals surface area contributed by atoms with Crippen LogP contribution in [0.25, 0.3) is 0 Å². The maximum absolute atomic E-state index is 12.4. The molecule has 0 radical (unpaired) electrons. The molecular formula is C17H20BrNO7. The number of carbonyl (C=O) groups excluding carboxylic acids is 2. The monoisotopic (exact) mass is 429 g/mol. The predicted molar refractivity (Wildman–Crippen MR) is 95.3 cm³/mol. The van der Waals surface area contributed by atoms with Gasteiger partial charge in [0.2, 0.25) is 0 Å². The average molecular weight is 430 g/mol. The van der Waals surface area contributed by atoms with Gasteiger partial charge in [0.1, 0.15) is 12.4 Å². The number of nitrogens with zero attached hydrogens (tertiary/aromatic N) is 1. The number of ether oxygens (including phenoxy) is 5. The largest absolute Gasteiger partial charge is 0.466 e. The zero-order valence-corrected chi connectivity index (χ0v) is 16.5. The van der Waals surface area contributed by atoms with Crippen LogP contribution in [0.5, 0.6) is 0 Å². The zero-order chi connectivity index (χ0) is 19.3. The van der Waals surface area contributed by atoms with Crippen LogP contribution in [0.2, 0.25) is 0 Å². The molecule has 1 aromatic rings. The lowest BCUT2D eigenvalue weighted by molar-refractivity contribution is -0.140. The second-order valence-corrected chi connectivity index (χ2v) is 6.14. The number of hydrogen-bond acceptors (Lipinski definition) is 8. The molecule has 0 aromatic heterocycles. The molecule has 0 bridgehead atoms. The summed E-state index contributed by atoms with van der Waals surface area (Å²) in [7, 11) is 5.48. The van der Waals surface area contributed by atoms with Crippen LogP contribution in [-0.2, 0) is 33.3 Å². The number of hydrogen-bond donors (Lipinski definition) is 0. The average Bonchev–Trinajstić information content (AvgIpc) is 2.67. The van der Waals surface area contributed by atoms with Gasteiger partial charge in [0, 0.05) is 24.3 Å². The maximum Gasteiger partial charge on any atom is 0.355 e. The van der Waals surface area contributed by atoms with E-state index in [-0.39, 0.29) is 24.6 Å². The lowest BCUT2D eigenvalue weighted by atomic mass is 10.1. The minimum absolute atomic E-state index is 0.0414. The highest BCUT2D eigenvalue weighted by atomic mass is 79.9. The molecule has 1 aromatic carbocycles. The molecule has 2 rings (SSSR count). The summed E-state index contributed by atoms with van der Waals surface area (Å²) >= 11 is 3.41. The molecule has 9 heteroatoms. The van der Waals surface area contributed by atoms with Gasteiger partial charge in [-0.05, 0) is 18.2 Å². The Labute approximate surface area is 159 Å². The van der Waals surface area contributed by atoms with Gasteiger partial charge in [0.15, 0.2) is 6.29 Å². The van der Waals surface area contributed by atoms with Crippen molar-refractivity contribution in [1.29, 1.82) is 0 Å². The van der Waals surface area contributed by atoms with Crippen molar-refractivity contribution in [2.45, 2.75) is 6.29 Å². The molecule has 0 fully saturated rings. The number of carbonyl (C=O) groups is 2. The Hall–Kier alpha value is -1.94. The minimum atomic E-state index is -0.690. The van der Waals surface area contributed by atoms with Crippen LogP contribution >= 0.6 is 15.9 Å². The van der Waals surface area contributed by atoms with E-state index in [9.17, 15) is 9.59 Å². The summed E-state index contributed by atoms with van der Waals surface area (Å²) in [5.74, 6) is -1.34. The van der Waals surface area contributed by atoms with Crippen LogP contribution in [0.1, 0.15) is 11.9 Å². The van der Waals surface area contributed by atoms with Crippen molar-refractivity contribution in [3.8, 4) is 0 Å². The summed E-state index contributed by atoms with van der Waals surface area (Å²) < 4.78 is 26.6. The first-order chi connectivity index (χ1) is 12.5. The Morgan fingerprint density at radius 3 is 2.35 bits per heavy atom. The molecule has 1 aliphatic rings. The summed E-state index contributed by atoms with van der Waals surface area (Å²) in [6.45, 7) is -0.0167. The van der Waals surface area contributed by atoms with Gasteiger partial charge in [0.25, 0.3) is 0 Å². The third-order valence-electron chi connectivity index (χ3n) is 3.80. The Kier molecular flexibility index (Phi) is 7.15. The molecule has 0 amide bonds. The van der Waals surface area contributed by atoms with Gasteiger partial charge in [-0.3, -0.25) is 0 Å². The summed E-state index contributed by atoms with van der Waals surface area (Å²) in [6, 6.07) is 5.35. The first-order valence-corrected chi connectivity index (χ1v) is 8.37. The molecule has 0 N–H and O–H groups in total. The van der Waals surface area contributed by atoms with Crippen molar-refractivity contribution in [3.05, 3.63) is 39.5 Å². The normalized spacial score (nSPS) is 14.6. The van der Waals surface area contributed by atoms with Gasteiger partial charge in [-0.2, -0.15) is 0 Å². The van der Waals surface area contributed by atoms with Crippen molar-refractivity contribution in [2.24, 2.45) is 0 Å². The number of anilines is 1. The Morgan fingerprint density at radius 2 is 1.77 bits per heavy atom. The second-order valence-electron chi connectivity index (χ2n) is 5.22. The summed E-state index contributed by atoms with van der Waals surface area (Å²) in [4.78, 5) is 26.1. The summed E-state index contributed by atoms with van der Waals surface area (Å²) in [6.07, 6.45) is -0.690. The molecule has 1 aliphatic heterocycles. The van der Waals surface area contributed by atoms with Crippen LogP contribution in [-0.4, -0.2) is 53.7 Å². The molecule has 0 saturated heterocycles. The first-order valence-electron chi connectivity index (χ1n) is 7.58. The van der Waals surface area contributed by atoms with E-state index in [1.807, 2.05) is 0 Å². The lowest BCUT2D eigenvalue weighted by Crippen LogP contribution is -2.39. The van der Waals surface area contributed by atoms with Crippen molar-refractivity contribution in [1.82, 2.24) is 0 Å². The van der Waals surface area contributed by atoms with Gasteiger partial charge in [-0.1, -0.05) is 15.9 Å². The topological polar surface area (TPSA) is 83.5 Å². The smallest absolute Gasteiger partial charge is 0.355 e. The van der Waals surface area contributed by atoms with E-state index in [0.717, 1.165) is 4.47 Å². The fraction of sp³-hybridized carbons (Fsp3) is 0.412. The maximum atomic E-state index is 12.4. The molecule has 142 valence electrons. The van der Waals surface area contributed by atoms with E-state index in [1.165, 1.54) is 33.3 Å². The molecule has 26 heavy (non-hydrogen) atoms. The van der Waals surface area contributed by atoms with Crippen LogP contribution in [0.15, 0.2) is 33.9 Å². The van der Waals surface area contributed by atoms with E-state index in [2.05, 4.69) is 15.9 Å². The highest BCUT2D eigenvalue weighted by molar-refractivity contribution is 9.10. The Balaban J connectivity index is 2.65. The highest BCUT2D eigenvalue weighted by Gasteiger charge is 2.34. The van der Waals surface area contributed by atoms with E-state index in [1.54, 1.807) is 18.2 Å². The molecule has 0 unspecified atom stereocenters. The van der Waals surface area contributed by atoms with Crippen LogP contribution in [0.4, 0.5) is 5.69 Å². The van der Waals surface area contributed by atoms with Crippen molar-refractivity contribution in [3.63, 3.8) is 0 Å². The van der Waals surface area contributed by atoms with Crippen molar-refractivity contribution < 1.29 is 33.3 Å². The summed E-state index contributed by atoms with van der Waals surface area (Å²) in [5.41, 5.74) is 1.34. The first kappa shape index (κ1) is 20.4. The lowest BCUT2D eigenvalue weighted by Gasteiger charge is -2.33. The van der Waals surface area contributed by atoms with Gasteiger partial charge >= 0.3 is 11.9 Å². The van der Waals surface area contributed by atoms with Crippen molar-refractivity contribution in [2.75, 3.05) is 46.7 Å². The Bertz CT molecular complexity index is 715. The molecule has 0 atom stereocenters. The number of esters is 2. The van der Waals surface area contributed by atoms with E-state index >= 15 is 0 Å². The third-order valence-corrected chi connectivity index (χ3v) is 4.29. The molecule has 8 nitrogen and oxygen atoms in total. The molecule has 0 saturated carbocycles. The molecule has 0 spiro atoms. The number of halogens is 1.